The summed E-state index contributed by atoms with van der Waals surface area (Å²) >= 11 is 0. The Morgan fingerprint density at radius 2 is 2.17 bits per heavy atom. The fourth-order valence-electron chi connectivity index (χ4n) is 1.66. The molecule has 2 atom stereocenters. The van der Waals surface area contributed by atoms with Gasteiger partial charge >= 0.3 is 0 Å². The first kappa shape index (κ1) is 16.7. The zero-order chi connectivity index (χ0) is 14.2. The van der Waals surface area contributed by atoms with E-state index < -0.39 is 5.41 Å². The van der Waals surface area contributed by atoms with Gasteiger partial charge < -0.3 is 21.0 Å². The summed E-state index contributed by atoms with van der Waals surface area (Å²) < 4.78 is 5.06. The summed E-state index contributed by atoms with van der Waals surface area (Å²) in [6.07, 6.45) is 2.23. The molecule has 0 fully saturated rings. The average molecular weight is 259 g/mol. The van der Waals surface area contributed by atoms with Gasteiger partial charge in [0, 0.05) is 7.11 Å². The van der Waals surface area contributed by atoms with Crippen molar-refractivity contribution >= 4 is 11.7 Å². The lowest BCUT2D eigenvalue weighted by atomic mass is 9.85. The lowest BCUT2D eigenvalue weighted by molar-refractivity contribution is -0.128. The van der Waals surface area contributed by atoms with Crippen LogP contribution in [0.2, 0.25) is 0 Å². The lowest BCUT2D eigenvalue weighted by Gasteiger charge is -2.28. The first-order valence-corrected chi connectivity index (χ1v) is 6.24. The molecule has 0 aliphatic heterocycles. The van der Waals surface area contributed by atoms with E-state index in [2.05, 4.69) is 10.5 Å². The van der Waals surface area contributed by atoms with Gasteiger partial charge in [0.25, 0.3) is 0 Å². The van der Waals surface area contributed by atoms with E-state index in [9.17, 15) is 4.79 Å². The average Bonchev–Trinajstić information content (AvgIpc) is 2.37. The maximum absolute atomic E-state index is 12.2. The Balaban J connectivity index is 4.79. The van der Waals surface area contributed by atoms with Crippen LogP contribution >= 0.6 is 0 Å². The van der Waals surface area contributed by atoms with Gasteiger partial charge in [-0.25, -0.2) is 0 Å². The molecule has 0 aliphatic rings. The summed E-state index contributed by atoms with van der Waals surface area (Å²) in [6, 6.07) is -0.0510. The number of carbonyl (C=O) groups excluding carboxylic acids is 1. The number of ether oxygens (including phenoxy) is 1. The molecule has 0 aromatic heterocycles. The SMILES string of the molecule is CCCC(COC)NC(=O)C(C)(CC)C(N)=NO. The van der Waals surface area contributed by atoms with Crippen molar-refractivity contribution in [1.29, 1.82) is 0 Å². The van der Waals surface area contributed by atoms with Gasteiger partial charge in [0.1, 0.15) is 5.41 Å². The number of carbonyl (C=O) groups is 1. The number of oxime groups is 1. The molecule has 0 aromatic rings. The Bertz CT molecular complexity index is 288. The van der Waals surface area contributed by atoms with E-state index >= 15 is 0 Å². The Morgan fingerprint density at radius 1 is 1.56 bits per heavy atom. The van der Waals surface area contributed by atoms with Gasteiger partial charge in [-0.3, -0.25) is 4.79 Å². The van der Waals surface area contributed by atoms with Gasteiger partial charge in [-0.1, -0.05) is 25.4 Å². The highest BCUT2D eigenvalue weighted by Crippen LogP contribution is 2.22. The number of nitrogens with zero attached hydrogens (tertiary/aromatic N) is 1. The monoisotopic (exact) mass is 259 g/mol. The standard InChI is InChI=1S/C12H25N3O3/c1-5-7-9(8-18-4)14-11(16)12(3,6-2)10(13)15-17/h9,17H,5-8H2,1-4H3,(H2,13,15)(H,14,16). The highest BCUT2D eigenvalue weighted by atomic mass is 16.5. The molecular formula is C12H25N3O3. The molecule has 0 saturated heterocycles. The Hall–Kier alpha value is -1.30. The van der Waals surface area contributed by atoms with Gasteiger partial charge in [0.2, 0.25) is 5.91 Å². The predicted molar refractivity (Wildman–Crippen MR) is 70.5 cm³/mol. The molecule has 0 spiro atoms. The molecule has 18 heavy (non-hydrogen) atoms. The van der Waals surface area contributed by atoms with Crippen LogP contribution in [-0.4, -0.2) is 36.7 Å². The summed E-state index contributed by atoms with van der Waals surface area (Å²) in [4.78, 5) is 12.2. The van der Waals surface area contributed by atoms with E-state index in [1.807, 2.05) is 13.8 Å². The molecule has 6 nitrogen and oxygen atoms in total. The zero-order valence-electron chi connectivity index (χ0n) is 11.7. The van der Waals surface area contributed by atoms with Crippen LogP contribution in [0.3, 0.4) is 0 Å². The highest BCUT2D eigenvalue weighted by Gasteiger charge is 2.37. The van der Waals surface area contributed by atoms with E-state index in [0.717, 1.165) is 12.8 Å². The normalized spacial score (nSPS) is 17.0. The van der Waals surface area contributed by atoms with Crippen LogP contribution in [0.15, 0.2) is 5.16 Å². The Labute approximate surface area is 109 Å². The number of methoxy groups -OCH3 is 1. The summed E-state index contributed by atoms with van der Waals surface area (Å²) in [6.45, 7) is 5.98. The molecule has 0 radical (unpaired) electrons. The molecule has 106 valence electrons. The predicted octanol–water partition coefficient (Wildman–Crippen LogP) is 1.08. The number of hydrogen-bond donors (Lipinski definition) is 3. The van der Waals surface area contributed by atoms with Crippen LogP contribution < -0.4 is 11.1 Å². The molecule has 2 unspecified atom stereocenters. The van der Waals surface area contributed by atoms with E-state index in [1.165, 1.54) is 0 Å². The third kappa shape index (κ3) is 4.18. The van der Waals surface area contributed by atoms with Crippen molar-refractivity contribution < 1.29 is 14.7 Å². The minimum Gasteiger partial charge on any atom is -0.409 e. The first-order chi connectivity index (χ1) is 8.46. The molecule has 1 amide bonds. The van der Waals surface area contributed by atoms with Crippen molar-refractivity contribution in [3.8, 4) is 0 Å². The fraction of sp³-hybridized carbons (Fsp3) is 0.833. The fourth-order valence-corrected chi connectivity index (χ4v) is 1.66. The van der Waals surface area contributed by atoms with E-state index in [4.69, 9.17) is 15.7 Å². The van der Waals surface area contributed by atoms with E-state index in [-0.39, 0.29) is 17.8 Å². The van der Waals surface area contributed by atoms with Gasteiger partial charge in [-0.15, -0.1) is 0 Å². The quantitative estimate of drug-likeness (QED) is 0.263. The second-order valence-corrected chi connectivity index (χ2v) is 4.59. The summed E-state index contributed by atoms with van der Waals surface area (Å²) in [7, 11) is 1.59. The Morgan fingerprint density at radius 3 is 2.56 bits per heavy atom. The van der Waals surface area contributed by atoms with Crippen molar-refractivity contribution in [3.63, 3.8) is 0 Å². The molecule has 0 aromatic carbocycles. The number of amidine groups is 1. The summed E-state index contributed by atoms with van der Waals surface area (Å²) in [5.41, 5.74) is 4.60. The number of amides is 1. The smallest absolute Gasteiger partial charge is 0.233 e. The van der Waals surface area contributed by atoms with Crippen molar-refractivity contribution in [2.45, 2.75) is 46.1 Å². The number of rotatable bonds is 8. The van der Waals surface area contributed by atoms with Crippen molar-refractivity contribution in [2.75, 3.05) is 13.7 Å². The van der Waals surface area contributed by atoms with Gasteiger partial charge in [0.15, 0.2) is 5.84 Å². The second-order valence-electron chi connectivity index (χ2n) is 4.59. The van der Waals surface area contributed by atoms with Crippen molar-refractivity contribution in [3.05, 3.63) is 0 Å². The molecular weight excluding hydrogens is 234 g/mol. The maximum atomic E-state index is 12.2. The van der Waals surface area contributed by atoms with Crippen LogP contribution in [0.1, 0.15) is 40.0 Å². The highest BCUT2D eigenvalue weighted by molar-refractivity contribution is 6.06. The van der Waals surface area contributed by atoms with Gasteiger partial charge in [0.05, 0.1) is 12.6 Å². The third-order valence-electron chi connectivity index (χ3n) is 3.22. The summed E-state index contributed by atoms with van der Waals surface area (Å²) in [5.74, 6) is -0.314. The van der Waals surface area contributed by atoms with E-state index in [0.29, 0.717) is 13.0 Å². The largest absolute Gasteiger partial charge is 0.409 e. The minimum absolute atomic E-state index is 0.0510. The minimum atomic E-state index is -0.992. The second kappa shape index (κ2) is 7.92. The molecule has 4 N–H and O–H groups in total. The number of hydrogen-bond acceptors (Lipinski definition) is 4. The molecule has 0 aliphatic carbocycles. The van der Waals surface area contributed by atoms with Gasteiger partial charge in [-0.05, 0) is 19.8 Å². The molecule has 6 heteroatoms. The van der Waals surface area contributed by atoms with Crippen LogP contribution in [0.25, 0.3) is 0 Å². The number of nitrogens with one attached hydrogen (secondary N) is 1. The third-order valence-corrected chi connectivity index (χ3v) is 3.22. The van der Waals surface area contributed by atoms with Gasteiger partial charge in [-0.2, -0.15) is 0 Å². The maximum Gasteiger partial charge on any atom is 0.233 e. The summed E-state index contributed by atoms with van der Waals surface area (Å²) in [5, 5.41) is 14.6. The topological polar surface area (TPSA) is 96.9 Å². The van der Waals surface area contributed by atoms with Crippen LogP contribution in [0.4, 0.5) is 0 Å². The first-order valence-electron chi connectivity index (χ1n) is 6.24. The lowest BCUT2D eigenvalue weighted by Crippen LogP contribution is -2.51. The molecule has 0 saturated carbocycles. The van der Waals surface area contributed by atoms with E-state index in [1.54, 1.807) is 14.0 Å². The molecule has 0 bridgehead atoms. The Kier molecular flexibility index (Phi) is 7.35. The number of nitrogens with two attached hydrogens (primary N) is 1. The van der Waals surface area contributed by atoms with Crippen molar-refractivity contribution in [1.82, 2.24) is 5.32 Å². The molecule has 0 heterocycles. The molecule has 0 rings (SSSR count). The van der Waals surface area contributed by atoms with Crippen molar-refractivity contribution in [2.24, 2.45) is 16.3 Å². The zero-order valence-corrected chi connectivity index (χ0v) is 11.7. The van der Waals surface area contributed by atoms with Crippen LogP contribution in [-0.2, 0) is 9.53 Å². The van der Waals surface area contributed by atoms with Crippen LogP contribution in [0.5, 0.6) is 0 Å². The van der Waals surface area contributed by atoms with Crippen LogP contribution in [0, 0.1) is 5.41 Å².